The summed E-state index contributed by atoms with van der Waals surface area (Å²) in [5.74, 6) is 1.06. The zero-order chi connectivity index (χ0) is 26.7. The summed E-state index contributed by atoms with van der Waals surface area (Å²) >= 11 is 1.78. The average molecular weight is 507 g/mol. The summed E-state index contributed by atoms with van der Waals surface area (Å²) in [4.78, 5) is 12.0. The molecule has 3 aromatic carbocycles. The Labute approximate surface area is 222 Å². The van der Waals surface area contributed by atoms with E-state index < -0.39 is 0 Å². The molecule has 0 heterocycles. The van der Waals surface area contributed by atoms with Gasteiger partial charge in [0, 0.05) is 11.3 Å². The van der Waals surface area contributed by atoms with E-state index in [2.05, 4.69) is 91.1 Å². The highest BCUT2D eigenvalue weighted by Crippen LogP contribution is 2.42. The van der Waals surface area contributed by atoms with E-state index in [0.29, 0.717) is 11.5 Å². The Morgan fingerprint density at radius 2 is 1.50 bits per heavy atom. The largest absolute Gasteiger partial charge is 0.479 e. The fraction of sp³-hybridized carbons (Fsp3) is 0.469. The molecule has 4 heteroatoms. The van der Waals surface area contributed by atoms with E-state index in [1.54, 1.807) is 11.8 Å². The van der Waals surface area contributed by atoms with Crippen LogP contribution in [0.5, 0.6) is 5.75 Å². The summed E-state index contributed by atoms with van der Waals surface area (Å²) in [5, 5.41) is 2.17. The van der Waals surface area contributed by atoms with E-state index in [9.17, 15) is 4.79 Å². The molecule has 0 amide bonds. The Kier molecular flexibility index (Phi) is 8.82. The summed E-state index contributed by atoms with van der Waals surface area (Å²) in [6, 6.07) is 19.1. The molecule has 3 nitrogen and oxygen atoms in total. The molecule has 3 aromatic rings. The maximum absolute atomic E-state index is 12.0. The fourth-order valence-electron chi connectivity index (χ4n) is 4.99. The second-order valence-electron chi connectivity index (χ2n) is 10.9. The third-order valence-electron chi connectivity index (χ3n) is 8.00. The molecule has 3 rings (SSSR count). The van der Waals surface area contributed by atoms with Crippen LogP contribution in [0.1, 0.15) is 81.4 Å². The number of ether oxygens (including phenoxy) is 2. The third kappa shape index (κ3) is 5.59. The Morgan fingerprint density at radius 1 is 0.917 bits per heavy atom. The number of hydrogen-bond acceptors (Lipinski definition) is 4. The molecule has 0 spiro atoms. The lowest BCUT2D eigenvalue weighted by molar-refractivity contribution is 0.0601. The summed E-state index contributed by atoms with van der Waals surface area (Å²) in [6.07, 6.45) is 4.11. The molecule has 0 bridgehead atoms. The molecule has 36 heavy (non-hydrogen) atoms. The van der Waals surface area contributed by atoms with Gasteiger partial charge in [0.15, 0.2) is 0 Å². The van der Waals surface area contributed by atoms with Gasteiger partial charge in [-0.15, -0.1) is 11.8 Å². The number of fused-ring (bicyclic) bond motifs is 1. The first-order valence-corrected chi connectivity index (χ1v) is 14.2. The maximum atomic E-state index is 12.0. The smallest absolute Gasteiger partial charge is 0.337 e. The van der Waals surface area contributed by atoms with Crippen molar-refractivity contribution in [3.05, 3.63) is 76.9 Å². The Bertz CT molecular complexity index is 1200. The highest BCUT2D eigenvalue weighted by atomic mass is 32.2. The van der Waals surface area contributed by atoms with Crippen molar-refractivity contribution in [2.24, 2.45) is 11.3 Å². The molecule has 0 aliphatic rings. The van der Waals surface area contributed by atoms with Crippen LogP contribution in [0.2, 0.25) is 0 Å². The zero-order valence-corrected chi connectivity index (χ0v) is 24.2. The van der Waals surface area contributed by atoms with Gasteiger partial charge in [-0.1, -0.05) is 77.9 Å². The van der Waals surface area contributed by atoms with Crippen molar-refractivity contribution in [3.63, 3.8) is 0 Å². The Hall–Kier alpha value is -2.46. The van der Waals surface area contributed by atoms with Crippen LogP contribution in [0, 0.1) is 18.3 Å². The van der Waals surface area contributed by atoms with Crippen molar-refractivity contribution in [2.45, 2.75) is 72.2 Å². The van der Waals surface area contributed by atoms with E-state index in [1.165, 1.54) is 23.8 Å². The highest BCUT2D eigenvalue weighted by Gasteiger charge is 2.33. The number of carbonyl (C=O) groups excluding carboxylic acids is 1. The minimum Gasteiger partial charge on any atom is -0.479 e. The number of methoxy groups -OCH3 is 1. The van der Waals surface area contributed by atoms with Gasteiger partial charge >= 0.3 is 5.97 Å². The van der Waals surface area contributed by atoms with Crippen molar-refractivity contribution in [2.75, 3.05) is 13.4 Å². The first-order valence-electron chi connectivity index (χ1n) is 12.9. The van der Waals surface area contributed by atoms with Crippen LogP contribution in [0.15, 0.2) is 54.6 Å². The lowest BCUT2D eigenvalue weighted by Crippen LogP contribution is -2.32. The SMILES string of the molecule is CCC(CC)(c1ccc(OC(SC)C(C)C(C)(C)C)c(C)c1)c1ccc2cc(C(=O)OC)ccc2c1. The minimum absolute atomic E-state index is 0.101. The maximum Gasteiger partial charge on any atom is 0.337 e. The second kappa shape index (κ2) is 11.3. The van der Waals surface area contributed by atoms with E-state index in [1.807, 2.05) is 18.2 Å². The molecule has 0 aliphatic carbocycles. The highest BCUT2D eigenvalue weighted by molar-refractivity contribution is 7.99. The van der Waals surface area contributed by atoms with Gasteiger partial charge in [-0.25, -0.2) is 4.79 Å². The van der Waals surface area contributed by atoms with Crippen molar-refractivity contribution < 1.29 is 14.3 Å². The molecule has 0 aliphatic heterocycles. The molecule has 2 atom stereocenters. The number of benzene rings is 3. The monoisotopic (exact) mass is 506 g/mol. The van der Waals surface area contributed by atoms with Crippen molar-refractivity contribution >= 4 is 28.5 Å². The molecule has 2 unspecified atom stereocenters. The standard InChI is InChI=1S/C32H42O3S/c1-10-32(11-2,27-15-14-23-19-25(29(33)34-8)13-12-24(23)20-27)26-16-17-28(21(3)18-26)35-30(36-9)22(4)31(5,6)7/h12-20,22,30H,10-11H2,1-9H3. The molecular weight excluding hydrogens is 464 g/mol. The van der Waals surface area contributed by atoms with Crippen LogP contribution >= 0.6 is 11.8 Å². The van der Waals surface area contributed by atoms with Gasteiger partial charge in [0.2, 0.25) is 0 Å². The molecule has 0 saturated carbocycles. The van der Waals surface area contributed by atoms with E-state index >= 15 is 0 Å². The number of rotatable bonds is 9. The Morgan fingerprint density at radius 3 is 2.06 bits per heavy atom. The van der Waals surface area contributed by atoms with Crippen molar-refractivity contribution in [1.29, 1.82) is 0 Å². The number of hydrogen-bond donors (Lipinski definition) is 0. The van der Waals surface area contributed by atoms with Gasteiger partial charge in [0.1, 0.15) is 11.2 Å². The predicted octanol–water partition coefficient (Wildman–Crippen LogP) is 8.79. The third-order valence-corrected chi connectivity index (χ3v) is 8.97. The molecule has 0 fully saturated rings. The molecule has 0 aromatic heterocycles. The first-order chi connectivity index (χ1) is 17.0. The Balaban J connectivity index is 1.99. The van der Waals surface area contributed by atoms with E-state index in [4.69, 9.17) is 9.47 Å². The molecule has 0 radical (unpaired) electrons. The lowest BCUT2D eigenvalue weighted by Gasteiger charge is -2.35. The van der Waals surface area contributed by atoms with Crippen molar-refractivity contribution in [1.82, 2.24) is 0 Å². The average Bonchev–Trinajstić information content (AvgIpc) is 2.87. The number of aryl methyl sites for hydroxylation is 1. The van der Waals surface area contributed by atoms with Crippen LogP contribution in [-0.2, 0) is 10.2 Å². The van der Waals surface area contributed by atoms with Gasteiger partial charge in [0.25, 0.3) is 0 Å². The second-order valence-corrected chi connectivity index (χ2v) is 11.9. The van der Waals surface area contributed by atoms with Gasteiger partial charge in [-0.3, -0.25) is 0 Å². The number of esters is 1. The summed E-state index contributed by atoms with van der Waals surface area (Å²) in [5.41, 5.74) is 4.53. The van der Waals surface area contributed by atoms with Crippen LogP contribution in [-0.4, -0.2) is 24.8 Å². The van der Waals surface area contributed by atoms with Crippen LogP contribution in [0.3, 0.4) is 0 Å². The normalized spacial score (nSPS) is 13.9. The van der Waals surface area contributed by atoms with Crippen LogP contribution < -0.4 is 4.74 Å². The minimum atomic E-state index is -0.309. The van der Waals surface area contributed by atoms with Gasteiger partial charge in [0.05, 0.1) is 12.7 Å². The van der Waals surface area contributed by atoms with E-state index in [-0.39, 0.29) is 22.2 Å². The first kappa shape index (κ1) is 28.1. The number of thioether (sulfide) groups is 1. The van der Waals surface area contributed by atoms with E-state index in [0.717, 1.165) is 29.4 Å². The molecule has 0 saturated heterocycles. The predicted molar refractivity (Wildman–Crippen MR) is 154 cm³/mol. The summed E-state index contributed by atoms with van der Waals surface area (Å²) < 4.78 is 11.4. The summed E-state index contributed by atoms with van der Waals surface area (Å²) in [6.45, 7) is 15.8. The van der Waals surface area contributed by atoms with Gasteiger partial charge in [-0.2, -0.15) is 0 Å². The van der Waals surface area contributed by atoms with Crippen LogP contribution in [0.4, 0.5) is 0 Å². The number of carbonyl (C=O) groups is 1. The molecular formula is C32H42O3S. The van der Waals surface area contributed by atoms with Gasteiger partial charge < -0.3 is 9.47 Å². The fourth-order valence-corrected chi connectivity index (χ4v) is 6.00. The zero-order valence-electron chi connectivity index (χ0n) is 23.4. The molecule has 0 N–H and O–H groups in total. The van der Waals surface area contributed by atoms with Crippen molar-refractivity contribution in [3.8, 4) is 5.75 Å². The van der Waals surface area contributed by atoms with Gasteiger partial charge in [-0.05, 0) is 77.1 Å². The summed E-state index contributed by atoms with van der Waals surface area (Å²) in [7, 11) is 1.41. The molecule has 194 valence electrons. The lowest BCUT2D eigenvalue weighted by atomic mass is 9.70. The quantitative estimate of drug-likeness (QED) is 0.215. The topological polar surface area (TPSA) is 35.5 Å². The van der Waals surface area contributed by atoms with Crippen LogP contribution in [0.25, 0.3) is 10.8 Å².